The first kappa shape index (κ1) is 12.8. The van der Waals surface area contributed by atoms with Gasteiger partial charge in [-0.25, -0.2) is 0 Å². The highest BCUT2D eigenvalue weighted by atomic mass is 15.4. The van der Waals surface area contributed by atoms with Gasteiger partial charge < -0.3 is 5.32 Å². The van der Waals surface area contributed by atoms with Gasteiger partial charge in [0.1, 0.15) is 0 Å². The third kappa shape index (κ3) is 3.16. The van der Waals surface area contributed by atoms with Crippen molar-refractivity contribution in [2.24, 2.45) is 7.05 Å². The average Bonchev–Trinajstić information content (AvgIpc) is 2.86. The van der Waals surface area contributed by atoms with Crippen LogP contribution >= 0.6 is 0 Å². The lowest BCUT2D eigenvalue weighted by Crippen LogP contribution is -2.18. The molecule has 0 spiro atoms. The van der Waals surface area contributed by atoms with Gasteiger partial charge in [-0.15, -0.1) is 5.10 Å². The van der Waals surface area contributed by atoms with Crippen LogP contribution in [-0.4, -0.2) is 31.3 Å². The first-order valence-corrected chi connectivity index (χ1v) is 6.22. The molecule has 0 aliphatic carbocycles. The lowest BCUT2D eigenvalue weighted by molar-refractivity contribution is 0.524. The summed E-state index contributed by atoms with van der Waals surface area (Å²) in [6, 6.07) is 2.11. The van der Waals surface area contributed by atoms with Crippen molar-refractivity contribution < 1.29 is 0 Å². The van der Waals surface area contributed by atoms with E-state index in [2.05, 4.69) is 38.4 Å². The quantitative estimate of drug-likeness (QED) is 0.768. The van der Waals surface area contributed by atoms with E-state index in [1.165, 1.54) is 5.69 Å². The Morgan fingerprint density at radius 2 is 2.17 bits per heavy atom. The van der Waals surface area contributed by atoms with E-state index in [-0.39, 0.29) is 0 Å². The summed E-state index contributed by atoms with van der Waals surface area (Å²) in [7, 11) is 1.90. The van der Waals surface area contributed by atoms with Crippen LogP contribution in [-0.2, 0) is 20.1 Å². The number of nitrogens with zero attached hydrogens (tertiary/aromatic N) is 5. The Labute approximate surface area is 107 Å². The topological polar surface area (TPSA) is 60.6 Å². The molecule has 0 saturated carbocycles. The van der Waals surface area contributed by atoms with Gasteiger partial charge in [0.05, 0.1) is 17.6 Å². The summed E-state index contributed by atoms with van der Waals surface area (Å²) < 4.78 is 3.84. The first-order valence-electron chi connectivity index (χ1n) is 6.22. The standard InChI is InChI=1S/C12H20N6/c1-10-7-11(2)18(15-10)6-4-5-13-8-12-9-14-16-17(12)3/h7,9,13H,4-6,8H2,1-3H3. The zero-order valence-corrected chi connectivity index (χ0v) is 11.2. The normalized spacial score (nSPS) is 11.1. The van der Waals surface area contributed by atoms with Crippen LogP contribution < -0.4 is 5.32 Å². The summed E-state index contributed by atoms with van der Waals surface area (Å²) in [6.45, 7) is 6.84. The second kappa shape index (κ2) is 5.77. The molecule has 0 aliphatic rings. The molecule has 0 saturated heterocycles. The Balaban J connectivity index is 1.67. The molecule has 0 aliphatic heterocycles. The van der Waals surface area contributed by atoms with Crippen molar-refractivity contribution in [3.8, 4) is 0 Å². The van der Waals surface area contributed by atoms with Gasteiger partial charge in [0.15, 0.2) is 0 Å². The third-order valence-corrected chi connectivity index (χ3v) is 2.94. The van der Waals surface area contributed by atoms with Crippen LogP contribution in [0.2, 0.25) is 0 Å². The van der Waals surface area contributed by atoms with Crippen molar-refractivity contribution in [3.05, 3.63) is 29.3 Å². The molecular weight excluding hydrogens is 228 g/mol. The SMILES string of the molecule is Cc1cc(C)n(CCCNCc2cnnn2C)n1. The molecule has 18 heavy (non-hydrogen) atoms. The predicted octanol–water partition coefficient (Wildman–Crippen LogP) is 0.808. The number of rotatable bonds is 6. The molecule has 0 amide bonds. The van der Waals surface area contributed by atoms with Crippen molar-refractivity contribution in [1.82, 2.24) is 30.1 Å². The molecule has 0 radical (unpaired) electrons. The summed E-state index contributed by atoms with van der Waals surface area (Å²) in [6.07, 6.45) is 2.85. The van der Waals surface area contributed by atoms with E-state index in [0.717, 1.165) is 37.4 Å². The highest BCUT2D eigenvalue weighted by Gasteiger charge is 2.01. The second-order valence-corrected chi connectivity index (χ2v) is 4.53. The fraction of sp³-hybridized carbons (Fsp3) is 0.583. The Hall–Kier alpha value is -1.69. The molecule has 0 unspecified atom stereocenters. The number of nitrogens with one attached hydrogen (secondary N) is 1. The maximum absolute atomic E-state index is 4.44. The van der Waals surface area contributed by atoms with Crippen LogP contribution in [0.25, 0.3) is 0 Å². The van der Waals surface area contributed by atoms with E-state index >= 15 is 0 Å². The summed E-state index contributed by atoms with van der Waals surface area (Å²) in [5.41, 5.74) is 3.41. The maximum atomic E-state index is 4.44. The van der Waals surface area contributed by atoms with Crippen LogP contribution in [0.1, 0.15) is 23.5 Å². The van der Waals surface area contributed by atoms with Crippen LogP contribution in [0, 0.1) is 13.8 Å². The number of aromatic nitrogens is 5. The monoisotopic (exact) mass is 248 g/mol. The van der Waals surface area contributed by atoms with E-state index in [9.17, 15) is 0 Å². The molecule has 0 aromatic carbocycles. The molecule has 2 rings (SSSR count). The lowest BCUT2D eigenvalue weighted by atomic mass is 10.3. The highest BCUT2D eigenvalue weighted by Crippen LogP contribution is 2.02. The van der Waals surface area contributed by atoms with Crippen molar-refractivity contribution >= 4 is 0 Å². The smallest absolute Gasteiger partial charge is 0.0738 e. The van der Waals surface area contributed by atoms with Gasteiger partial charge in [0, 0.05) is 25.8 Å². The first-order chi connectivity index (χ1) is 8.66. The second-order valence-electron chi connectivity index (χ2n) is 4.53. The van der Waals surface area contributed by atoms with Crippen molar-refractivity contribution in [3.63, 3.8) is 0 Å². The Morgan fingerprint density at radius 3 is 2.78 bits per heavy atom. The largest absolute Gasteiger partial charge is 0.311 e. The molecule has 0 fully saturated rings. The van der Waals surface area contributed by atoms with E-state index in [4.69, 9.17) is 0 Å². The Bertz CT molecular complexity index is 498. The molecule has 2 heterocycles. The molecule has 6 nitrogen and oxygen atoms in total. The molecule has 1 N–H and O–H groups in total. The number of hydrogen-bond acceptors (Lipinski definition) is 4. The highest BCUT2D eigenvalue weighted by molar-refractivity contribution is 5.06. The molecule has 2 aromatic rings. The van der Waals surface area contributed by atoms with Crippen molar-refractivity contribution in [1.29, 1.82) is 0 Å². The summed E-state index contributed by atoms with van der Waals surface area (Å²) in [5, 5.41) is 15.6. The van der Waals surface area contributed by atoms with Crippen LogP contribution in [0.3, 0.4) is 0 Å². The summed E-state index contributed by atoms with van der Waals surface area (Å²) in [4.78, 5) is 0. The summed E-state index contributed by atoms with van der Waals surface area (Å²) >= 11 is 0. The lowest BCUT2D eigenvalue weighted by Gasteiger charge is -2.06. The maximum Gasteiger partial charge on any atom is 0.0738 e. The van der Waals surface area contributed by atoms with Crippen molar-refractivity contribution in [2.45, 2.75) is 33.4 Å². The minimum atomic E-state index is 0.806. The minimum absolute atomic E-state index is 0.806. The Morgan fingerprint density at radius 1 is 1.33 bits per heavy atom. The van der Waals surface area contributed by atoms with Gasteiger partial charge in [0.25, 0.3) is 0 Å². The number of aryl methyl sites for hydroxylation is 4. The Kier molecular flexibility index (Phi) is 4.09. The third-order valence-electron chi connectivity index (χ3n) is 2.94. The average molecular weight is 248 g/mol. The zero-order chi connectivity index (χ0) is 13.0. The molecule has 6 heteroatoms. The molecule has 2 aromatic heterocycles. The predicted molar refractivity (Wildman–Crippen MR) is 69.0 cm³/mol. The van der Waals surface area contributed by atoms with E-state index in [0.29, 0.717) is 0 Å². The van der Waals surface area contributed by atoms with E-state index in [1.54, 1.807) is 10.9 Å². The van der Waals surface area contributed by atoms with Gasteiger partial charge in [0.2, 0.25) is 0 Å². The van der Waals surface area contributed by atoms with Gasteiger partial charge in [-0.05, 0) is 32.9 Å². The molecule has 0 bridgehead atoms. The van der Waals surface area contributed by atoms with Gasteiger partial charge >= 0.3 is 0 Å². The molecule has 98 valence electrons. The van der Waals surface area contributed by atoms with Crippen LogP contribution in [0.4, 0.5) is 0 Å². The van der Waals surface area contributed by atoms with E-state index in [1.807, 2.05) is 14.0 Å². The summed E-state index contributed by atoms with van der Waals surface area (Å²) in [5.74, 6) is 0. The fourth-order valence-corrected chi connectivity index (χ4v) is 1.94. The van der Waals surface area contributed by atoms with Crippen LogP contribution in [0.5, 0.6) is 0 Å². The van der Waals surface area contributed by atoms with Gasteiger partial charge in [-0.2, -0.15) is 5.10 Å². The van der Waals surface area contributed by atoms with Crippen LogP contribution in [0.15, 0.2) is 12.3 Å². The van der Waals surface area contributed by atoms with Crippen molar-refractivity contribution in [2.75, 3.05) is 6.54 Å². The van der Waals surface area contributed by atoms with Gasteiger partial charge in [-0.1, -0.05) is 5.21 Å². The fourth-order valence-electron chi connectivity index (χ4n) is 1.94. The molecular formula is C12H20N6. The molecule has 0 atom stereocenters. The number of hydrogen-bond donors (Lipinski definition) is 1. The zero-order valence-electron chi connectivity index (χ0n) is 11.2. The minimum Gasteiger partial charge on any atom is -0.311 e. The van der Waals surface area contributed by atoms with Gasteiger partial charge in [-0.3, -0.25) is 9.36 Å². The van der Waals surface area contributed by atoms with E-state index < -0.39 is 0 Å².